The summed E-state index contributed by atoms with van der Waals surface area (Å²) in [7, 11) is 1.36. The minimum Gasteiger partial charge on any atom is -0.493 e. The van der Waals surface area contributed by atoms with Crippen LogP contribution < -0.4 is 10.5 Å². The maximum absolute atomic E-state index is 11.5. The van der Waals surface area contributed by atoms with Crippen LogP contribution in [0.15, 0.2) is 24.3 Å². The van der Waals surface area contributed by atoms with Gasteiger partial charge in [0, 0.05) is 0 Å². The predicted octanol–water partition coefficient (Wildman–Crippen LogP) is 3.25. The highest BCUT2D eigenvalue weighted by molar-refractivity contribution is 5.79. The molecule has 0 spiro atoms. The number of rotatable bonds is 8. The Labute approximate surface area is 127 Å². The molecule has 1 aromatic carbocycles. The van der Waals surface area contributed by atoms with Gasteiger partial charge in [-0.15, -0.1) is 0 Å². The topological polar surface area (TPSA) is 61.5 Å². The number of nitrogens with two attached hydrogens (primary N) is 1. The lowest BCUT2D eigenvalue weighted by Crippen LogP contribution is -2.45. The standard InChI is InChI=1S/C17H27NO3/c1-13(2)14-9-5-6-10-15(14)21-12-8-7-11-17(3,18)16(19)20-4/h5-6,9-10,13H,7-8,11-12,18H2,1-4H3. The number of carbonyl (C=O) groups is 1. The number of hydrogen-bond acceptors (Lipinski definition) is 4. The molecule has 0 amide bonds. The van der Waals surface area contributed by atoms with Gasteiger partial charge in [0.05, 0.1) is 13.7 Å². The number of esters is 1. The van der Waals surface area contributed by atoms with Crippen molar-refractivity contribution in [1.82, 2.24) is 0 Å². The summed E-state index contributed by atoms with van der Waals surface area (Å²) in [5.74, 6) is 1.01. The monoisotopic (exact) mass is 293 g/mol. The van der Waals surface area contributed by atoms with E-state index >= 15 is 0 Å². The second-order valence-electron chi connectivity index (χ2n) is 5.91. The van der Waals surface area contributed by atoms with Crippen molar-refractivity contribution < 1.29 is 14.3 Å². The molecule has 1 aromatic rings. The Morgan fingerprint density at radius 1 is 1.29 bits per heavy atom. The smallest absolute Gasteiger partial charge is 0.325 e. The van der Waals surface area contributed by atoms with E-state index in [-0.39, 0.29) is 5.97 Å². The Morgan fingerprint density at radius 3 is 2.57 bits per heavy atom. The van der Waals surface area contributed by atoms with Crippen LogP contribution in [0.2, 0.25) is 0 Å². The molecule has 0 heterocycles. The van der Waals surface area contributed by atoms with Gasteiger partial charge >= 0.3 is 5.97 Å². The number of para-hydroxylation sites is 1. The van der Waals surface area contributed by atoms with Gasteiger partial charge in [-0.25, -0.2) is 0 Å². The van der Waals surface area contributed by atoms with E-state index in [0.29, 0.717) is 18.9 Å². The summed E-state index contributed by atoms with van der Waals surface area (Å²) in [6.45, 7) is 6.63. The Bertz CT molecular complexity index is 455. The van der Waals surface area contributed by atoms with Crippen molar-refractivity contribution >= 4 is 5.97 Å². The van der Waals surface area contributed by atoms with Crippen LogP contribution in [0.1, 0.15) is 51.5 Å². The minimum absolute atomic E-state index is 0.367. The zero-order chi connectivity index (χ0) is 15.9. The summed E-state index contributed by atoms with van der Waals surface area (Å²) < 4.78 is 10.5. The molecule has 2 N–H and O–H groups in total. The lowest BCUT2D eigenvalue weighted by molar-refractivity contribution is -0.146. The van der Waals surface area contributed by atoms with Crippen molar-refractivity contribution in [2.24, 2.45) is 5.73 Å². The normalized spacial score (nSPS) is 13.8. The molecule has 1 rings (SSSR count). The molecular formula is C17H27NO3. The molecule has 0 aliphatic rings. The van der Waals surface area contributed by atoms with E-state index in [0.717, 1.165) is 18.6 Å². The Balaban J connectivity index is 2.37. The molecule has 0 radical (unpaired) electrons. The van der Waals surface area contributed by atoms with Crippen LogP contribution >= 0.6 is 0 Å². The fourth-order valence-electron chi connectivity index (χ4n) is 2.20. The first-order valence-electron chi connectivity index (χ1n) is 7.47. The summed E-state index contributed by atoms with van der Waals surface area (Å²) >= 11 is 0. The molecule has 118 valence electrons. The third kappa shape index (κ3) is 5.38. The van der Waals surface area contributed by atoms with E-state index in [1.165, 1.54) is 12.7 Å². The van der Waals surface area contributed by atoms with E-state index in [2.05, 4.69) is 24.7 Å². The molecule has 0 bridgehead atoms. The van der Waals surface area contributed by atoms with Crippen molar-refractivity contribution in [2.45, 2.75) is 51.5 Å². The molecule has 0 aromatic heterocycles. The highest BCUT2D eigenvalue weighted by Gasteiger charge is 2.28. The maximum atomic E-state index is 11.5. The first kappa shape index (κ1) is 17.5. The highest BCUT2D eigenvalue weighted by Crippen LogP contribution is 2.26. The Hall–Kier alpha value is -1.55. The second kappa shape index (κ2) is 8.03. The van der Waals surface area contributed by atoms with E-state index in [4.69, 9.17) is 10.5 Å². The van der Waals surface area contributed by atoms with Crippen molar-refractivity contribution in [3.8, 4) is 5.75 Å². The second-order valence-corrected chi connectivity index (χ2v) is 5.91. The summed E-state index contributed by atoms with van der Waals surface area (Å²) in [5.41, 5.74) is 6.22. The van der Waals surface area contributed by atoms with E-state index < -0.39 is 5.54 Å². The third-order valence-electron chi connectivity index (χ3n) is 3.54. The van der Waals surface area contributed by atoms with Crippen LogP contribution in [-0.4, -0.2) is 25.2 Å². The van der Waals surface area contributed by atoms with Crippen molar-refractivity contribution in [2.75, 3.05) is 13.7 Å². The van der Waals surface area contributed by atoms with Gasteiger partial charge in [0.25, 0.3) is 0 Å². The molecule has 21 heavy (non-hydrogen) atoms. The Kier molecular flexibility index (Phi) is 6.69. The number of unbranched alkanes of at least 4 members (excludes halogenated alkanes) is 1. The first-order chi connectivity index (χ1) is 9.88. The van der Waals surface area contributed by atoms with Gasteiger partial charge in [-0.1, -0.05) is 32.0 Å². The quantitative estimate of drug-likeness (QED) is 0.590. The molecule has 0 aliphatic heterocycles. The average Bonchev–Trinajstić information content (AvgIpc) is 2.46. The summed E-state index contributed by atoms with van der Waals surface area (Å²) in [4.78, 5) is 11.5. The van der Waals surface area contributed by atoms with Gasteiger partial charge in [-0.05, 0) is 43.7 Å². The Morgan fingerprint density at radius 2 is 1.95 bits per heavy atom. The van der Waals surface area contributed by atoms with Crippen molar-refractivity contribution in [1.29, 1.82) is 0 Å². The largest absolute Gasteiger partial charge is 0.493 e. The SMILES string of the molecule is COC(=O)C(C)(N)CCCCOc1ccccc1C(C)C. The van der Waals surface area contributed by atoms with Crippen LogP contribution in [0.25, 0.3) is 0 Å². The molecule has 1 atom stereocenters. The predicted molar refractivity (Wildman–Crippen MR) is 84.5 cm³/mol. The van der Waals surface area contributed by atoms with Gasteiger partial charge in [-0.3, -0.25) is 4.79 Å². The van der Waals surface area contributed by atoms with E-state index in [9.17, 15) is 4.79 Å². The van der Waals surface area contributed by atoms with Crippen LogP contribution in [0.3, 0.4) is 0 Å². The molecule has 4 heteroatoms. The molecule has 0 fully saturated rings. The number of carbonyl (C=O) groups excluding carboxylic acids is 1. The molecule has 4 nitrogen and oxygen atoms in total. The van der Waals surface area contributed by atoms with Crippen LogP contribution in [0, 0.1) is 0 Å². The summed E-state index contributed by atoms with van der Waals surface area (Å²) in [6.07, 6.45) is 2.27. The van der Waals surface area contributed by atoms with Crippen LogP contribution in [-0.2, 0) is 9.53 Å². The van der Waals surface area contributed by atoms with Gasteiger partial charge in [0.1, 0.15) is 11.3 Å². The van der Waals surface area contributed by atoms with Crippen molar-refractivity contribution in [3.05, 3.63) is 29.8 Å². The lowest BCUT2D eigenvalue weighted by atomic mass is 9.96. The van der Waals surface area contributed by atoms with E-state index in [1.54, 1.807) is 6.92 Å². The molecule has 0 aliphatic carbocycles. The number of methoxy groups -OCH3 is 1. The van der Waals surface area contributed by atoms with Gasteiger partial charge in [0.2, 0.25) is 0 Å². The zero-order valence-electron chi connectivity index (χ0n) is 13.5. The fourth-order valence-corrected chi connectivity index (χ4v) is 2.20. The summed E-state index contributed by atoms with van der Waals surface area (Å²) in [5, 5.41) is 0. The number of hydrogen-bond donors (Lipinski definition) is 1. The fraction of sp³-hybridized carbons (Fsp3) is 0.588. The van der Waals surface area contributed by atoms with E-state index in [1.807, 2.05) is 18.2 Å². The van der Waals surface area contributed by atoms with Crippen LogP contribution in [0.4, 0.5) is 0 Å². The van der Waals surface area contributed by atoms with Crippen molar-refractivity contribution in [3.63, 3.8) is 0 Å². The van der Waals surface area contributed by atoms with Gasteiger partial charge in [-0.2, -0.15) is 0 Å². The third-order valence-corrected chi connectivity index (χ3v) is 3.54. The minimum atomic E-state index is -0.912. The molecule has 1 unspecified atom stereocenters. The highest BCUT2D eigenvalue weighted by atomic mass is 16.5. The molecule has 0 saturated heterocycles. The van der Waals surface area contributed by atoms with Gasteiger partial charge < -0.3 is 15.2 Å². The number of ether oxygens (including phenoxy) is 2. The summed E-state index contributed by atoms with van der Waals surface area (Å²) in [6, 6.07) is 8.10. The average molecular weight is 293 g/mol. The lowest BCUT2D eigenvalue weighted by Gasteiger charge is -2.21. The molecule has 0 saturated carbocycles. The first-order valence-corrected chi connectivity index (χ1v) is 7.47. The molecular weight excluding hydrogens is 266 g/mol. The van der Waals surface area contributed by atoms with Crippen LogP contribution in [0.5, 0.6) is 5.75 Å². The maximum Gasteiger partial charge on any atom is 0.325 e. The van der Waals surface area contributed by atoms with Gasteiger partial charge in [0.15, 0.2) is 0 Å². The number of benzene rings is 1. The zero-order valence-corrected chi connectivity index (χ0v) is 13.5.